The maximum absolute atomic E-state index is 13.7. The van der Waals surface area contributed by atoms with Crippen molar-refractivity contribution in [3.8, 4) is 22.3 Å². The second kappa shape index (κ2) is 15.9. The van der Waals surface area contributed by atoms with E-state index in [-0.39, 0.29) is 31.4 Å². The summed E-state index contributed by atoms with van der Waals surface area (Å²) in [7, 11) is 0. The summed E-state index contributed by atoms with van der Waals surface area (Å²) in [5.74, 6) is -2.85. The molecule has 0 aliphatic heterocycles. The molecule has 4 amide bonds. The van der Waals surface area contributed by atoms with Crippen molar-refractivity contribution in [1.82, 2.24) is 16.0 Å². The third-order valence-electron chi connectivity index (χ3n) is 9.17. The predicted molar refractivity (Wildman–Crippen MR) is 185 cm³/mol. The van der Waals surface area contributed by atoms with E-state index >= 15 is 0 Å². The van der Waals surface area contributed by atoms with Gasteiger partial charge in [-0.15, -0.1) is 0 Å². The van der Waals surface area contributed by atoms with Gasteiger partial charge in [0.25, 0.3) is 5.91 Å². The van der Waals surface area contributed by atoms with Crippen molar-refractivity contribution in [2.45, 2.75) is 55.9 Å². The molecule has 0 bridgehead atoms. The Labute approximate surface area is 301 Å². The Hall–Kier alpha value is -5.66. The van der Waals surface area contributed by atoms with Crippen LogP contribution in [0.3, 0.4) is 0 Å². The van der Waals surface area contributed by atoms with Crippen LogP contribution in [0.1, 0.15) is 59.2 Å². The first-order valence-electron chi connectivity index (χ1n) is 16.8. The zero-order valence-electron chi connectivity index (χ0n) is 28.2. The standard InChI is InChI=1S/C39H36F6N4O4/c40-38(41,42)23-48-36(53)37(30-13-5-3-10-27(30)28-11-4-6-14-31(28)37)21-7-8-22-47-35(52)32(19-20-33(46)50)49-34(51)29-12-2-1-9-26(29)24-15-17-25(18-16-24)39(43,44)45/h1-6,9-18,32H,7-8,19-23H2,(H2,46,50)(H,47,52)(H,48,53)(H,49,51)/t32-/m0/s1. The first-order chi connectivity index (χ1) is 25.1. The summed E-state index contributed by atoms with van der Waals surface area (Å²) in [6.45, 7) is -1.44. The van der Waals surface area contributed by atoms with Gasteiger partial charge in [-0.25, -0.2) is 0 Å². The quantitative estimate of drug-likeness (QED) is 0.0851. The maximum Gasteiger partial charge on any atom is 0.416 e. The van der Waals surface area contributed by atoms with Crippen LogP contribution in [-0.2, 0) is 26.0 Å². The fourth-order valence-electron chi connectivity index (χ4n) is 6.70. The lowest BCUT2D eigenvalue weighted by Crippen LogP contribution is -2.48. The van der Waals surface area contributed by atoms with Gasteiger partial charge in [0.2, 0.25) is 17.7 Å². The fourth-order valence-corrected chi connectivity index (χ4v) is 6.70. The molecule has 1 aliphatic rings. The lowest BCUT2D eigenvalue weighted by Gasteiger charge is -2.31. The molecule has 0 saturated heterocycles. The van der Waals surface area contributed by atoms with Crippen molar-refractivity contribution in [1.29, 1.82) is 0 Å². The third kappa shape index (κ3) is 8.87. The number of unbranched alkanes of at least 4 members (excludes halogenated alkanes) is 1. The van der Waals surface area contributed by atoms with Gasteiger partial charge in [-0.2, -0.15) is 26.3 Å². The molecule has 0 saturated carbocycles. The minimum Gasteiger partial charge on any atom is -0.370 e. The highest BCUT2D eigenvalue weighted by atomic mass is 19.4. The minimum absolute atomic E-state index is 0.0630. The molecule has 0 radical (unpaired) electrons. The predicted octanol–water partition coefficient (Wildman–Crippen LogP) is 6.67. The number of amides is 4. The average molecular weight is 739 g/mol. The van der Waals surface area contributed by atoms with E-state index < -0.39 is 59.5 Å². The summed E-state index contributed by atoms with van der Waals surface area (Å²) in [5, 5.41) is 7.41. The van der Waals surface area contributed by atoms with Crippen LogP contribution in [0.5, 0.6) is 0 Å². The number of alkyl halides is 6. The molecule has 8 nitrogen and oxygen atoms in total. The van der Waals surface area contributed by atoms with Gasteiger partial charge in [-0.1, -0.05) is 78.9 Å². The molecular formula is C39H36F6N4O4. The van der Waals surface area contributed by atoms with Crippen molar-refractivity contribution < 1.29 is 45.5 Å². The van der Waals surface area contributed by atoms with E-state index in [1.807, 2.05) is 12.1 Å². The first kappa shape index (κ1) is 38.6. The van der Waals surface area contributed by atoms with E-state index in [1.54, 1.807) is 54.6 Å². The Bertz CT molecular complexity index is 1930. The van der Waals surface area contributed by atoms with E-state index in [4.69, 9.17) is 5.73 Å². The molecule has 1 aliphatic carbocycles. The number of rotatable bonds is 14. The molecule has 5 N–H and O–H groups in total. The number of carbonyl (C=O) groups is 4. The van der Waals surface area contributed by atoms with Gasteiger partial charge < -0.3 is 21.7 Å². The molecule has 0 spiro atoms. The van der Waals surface area contributed by atoms with Crippen molar-refractivity contribution in [3.63, 3.8) is 0 Å². The van der Waals surface area contributed by atoms with Gasteiger partial charge in [0.1, 0.15) is 18.0 Å². The molecule has 53 heavy (non-hydrogen) atoms. The maximum atomic E-state index is 13.7. The summed E-state index contributed by atoms with van der Waals surface area (Å²) in [5.41, 5.74) is 6.41. The van der Waals surface area contributed by atoms with Gasteiger partial charge in [0, 0.05) is 18.5 Å². The van der Waals surface area contributed by atoms with Crippen molar-refractivity contribution >= 4 is 23.6 Å². The summed E-state index contributed by atoms with van der Waals surface area (Å²) < 4.78 is 78.9. The number of hydrogen-bond acceptors (Lipinski definition) is 4. The summed E-state index contributed by atoms with van der Waals surface area (Å²) in [6.07, 6.45) is -8.82. The molecule has 0 fully saturated rings. The van der Waals surface area contributed by atoms with Crippen LogP contribution >= 0.6 is 0 Å². The first-order valence-corrected chi connectivity index (χ1v) is 16.8. The van der Waals surface area contributed by atoms with Gasteiger partial charge in [0.05, 0.1) is 5.56 Å². The Kier molecular flexibility index (Phi) is 11.6. The molecule has 4 aromatic rings. The monoisotopic (exact) mass is 738 g/mol. The summed E-state index contributed by atoms with van der Waals surface area (Å²) in [4.78, 5) is 52.1. The highest BCUT2D eigenvalue weighted by molar-refractivity contribution is 6.03. The molecule has 14 heteroatoms. The average Bonchev–Trinajstić information content (AvgIpc) is 3.41. The zero-order chi connectivity index (χ0) is 38.4. The fraction of sp³-hybridized carbons (Fsp3) is 0.282. The number of fused-ring (bicyclic) bond motifs is 3. The van der Waals surface area contributed by atoms with Crippen LogP contribution in [0, 0.1) is 0 Å². The summed E-state index contributed by atoms with van der Waals surface area (Å²) in [6, 6.07) is 23.3. The van der Waals surface area contributed by atoms with Gasteiger partial charge in [-0.3, -0.25) is 19.2 Å². The Morgan fingerprint density at radius 3 is 1.83 bits per heavy atom. The van der Waals surface area contributed by atoms with Crippen LogP contribution in [0.25, 0.3) is 22.3 Å². The molecule has 1 atom stereocenters. The lowest BCUT2D eigenvalue weighted by atomic mass is 9.73. The molecule has 0 aromatic heterocycles. The minimum atomic E-state index is -4.62. The largest absolute Gasteiger partial charge is 0.416 e. The van der Waals surface area contributed by atoms with E-state index in [1.165, 1.54) is 18.2 Å². The number of nitrogens with one attached hydrogen (secondary N) is 3. The van der Waals surface area contributed by atoms with E-state index in [9.17, 15) is 45.5 Å². The third-order valence-corrected chi connectivity index (χ3v) is 9.17. The van der Waals surface area contributed by atoms with Crippen LogP contribution in [0.15, 0.2) is 97.1 Å². The topological polar surface area (TPSA) is 130 Å². The Morgan fingerprint density at radius 1 is 0.698 bits per heavy atom. The lowest BCUT2D eigenvalue weighted by molar-refractivity contribution is -0.141. The smallest absolute Gasteiger partial charge is 0.370 e. The Balaban J connectivity index is 1.28. The number of hydrogen-bond donors (Lipinski definition) is 4. The SMILES string of the molecule is NC(=O)CC[C@H](NC(=O)c1ccccc1-c1ccc(C(F)(F)F)cc1)C(=O)NCCCCC1(C(=O)NCC(F)(F)F)c2ccccc2-c2ccccc21. The van der Waals surface area contributed by atoms with Crippen LogP contribution in [0.2, 0.25) is 0 Å². The van der Waals surface area contributed by atoms with E-state index in [0.717, 1.165) is 23.3 Å². The molecule has 0 unspecified atom stereocenters. The van der Waals surface area contributed by atoms with Crippen LogP contribution in [0.4, 0.5) is 26.3 Å². The van der Waals surface area contributed by atoms with Crippen molar-refractivity contribution in [2.24, 2.45) is 5.73 Å². The molecule has 278 valence electrons. The molecular weight excluding hydrogens is 702 g/mol. The van der Waals surface area contributed by atoms with Crippen LogP contribution < -0.4 is 21.7 Å². The number of carbonyl (C=O) groups excluding carboxylic acids is 4. The van der Waals surface area contributed by atoms with E-state index in [2.05, 4.69) is 16.0 Å². The number of primary amides is 1. The summed E-state index contributed by atoms with van der Waals surface area (Å²) >= 11 is 0. The molecule has 4 aromatic carbocycles. The second-order valence-corrected chi connectivity index (χ2v) is 12.7. The number of nitrogens with two attached hydrogens (primary N) is 1. The molecule has 5 rings (SSSR count). The normalized spacial score (nSPS) is 13.7. The zero-order valence-corrected chi connectivity index (χ0v) is 28.2. The highest BCUT2D eigenvalue weighted by Crippen LogP contribution is 2.51. The van der Waals surface area contributed by atoms with Gasteiger partial charge in [0.15, 0.2) is 0 Å². The van der Waals surface area contributed by atoms with Gasteiger partial charge in [-0.05, 0) is 77.3 Å². The highest BCUT2D eigenvalue weighted by Gasteiger charge is 2.49. The van der Waals surface area contributed by atoms with Gasteiger partial charge >= 0.3 is 12.4 Å². The number of halogens is 6. The van der Waals surface area contributed by atoms with Crippen molar-refractivity contribution in [3.05, 3.63) is 119 Å². The van der Waals surface area contributed by atoms with Crippen LogP contribution in [-0.4, -0.2) is 48.9 Å². The molecule has 0 heterocycles. The van der Waals surface area contributed by atoms with E-state index in [0.29, 0.717) is 35.1 Å². The number of benzene rings is 4. The Morgan fingerprint density at radius 2 is 1.26 bits per heavy atom. The second-order valence-electron chi connectivity index (χ2n) is 12.7. The van der Waals surface area contributed by atoms with Crippen molar-refractivity contribution in [2.75, 3.05) is 13.1 Å².